The number of anilines is 1. The van der Waals surface area contributed by atoms with Crippen molar-refractivity contribution in [3.05, 3.63) is 41.7 Å². The number of piperazine rings is 1. The Hall–Kier alpha value is -3.19. The average Bonchev–Trinajstić information content (AvgIpc) is 3.11. The number of nitrogens with one attached hydrogen (secondary N) is 1. The monoisotopic (exact) mass is 402 g/mol. The minimum atomic E-state index is 0.219. The largest absolute Gasteiger partial charge is 0.507 e. The van der Waals surface area contributed by atoms with E-state index in [4.69, 9.17) is 4.98 Å². The lowest BCUT2D eigenvalue weighted by Crippen LogP contribution is -2.49. The van der Waals surface area contributed by atoms with Crippen LogP contribution in [0.3, 0.4) is 0 Å². The molecule has 7 heteroatoms. The number of fused-ring (bicyclic) bond motifs is 2. The van der Waals surface area contributed by atoms with E-state index in [9.17, 15) is 5.11 Å². The first-order chi connectivity index (χ1) is 14.4. The van der Waals surface area contributed by atoms with E-state index in [1.807, 2.05) is 38.5 Å². The van der Waals surface area contributed by atoms with Gasteiger partial charge < -0.3 is 15.3 Å². The van der Waals surface area contributed by atoms with Crippen LogP contribution >= 0.6 is 0 Å². The summed E-state index contributed by atoms with van der Waals surface area (Å²) < 4.78 is 1.76. The Balaban J connectivity index is 1.60. The van der Waals surface area contributed by atoms with Crippen molar-refractivity contribution in [3.63, 3.8) is 0 Å². The predicted octanol–water partition coefficient (Wildman–Crippen LogP) is 3.30. The van der Waals surface area contributed by atoms with Gasteiger partial charge in [0.25, 0.3) is 0 Å². The molecule has 0 bridgehead atoms. The Kier molecular flexibility index (Phi) is 4.36. The van der Waals surface area contributed by atoms with Crippen LogP contribution in [0.1, 0.15) is 18.1 Å². The summed E-state index contributed by atoms with van der Waals surface area (Å²) in [7, 11) is 1.88. The number of hydrogen-bond acceptors (Lipinski definition) is 6. The van der Waals surface area contributed by atoms with E-state index >= 15 is 0 Å². The molecule has 0 amide bonds. The van der Waals surface area contributed by atoms with E-state index in [0.717, 1.165) is 41.5 Å². The maximum Gasteiger partial charge on any atom is 0.160 e. The van der Waals surface area contributed by atoms with Crippen LogP contribution in [0.2, 0.25) is 0 Å². The lowest BCUT2D eigenvalue weighted by atomic mass is 10.0. The van der Waals surface area contributed by atoms with Crippen LogP contribution in [-0.2, 0) is 7.05 Å². The summed E-state index contributed by atoms with van der Waals surface area (Å²) in [6.45, 7) is 9.15. The molecular formula is C23H26N6O. The number of aromatic hydroxyl groups is 1. The van der Waals surface area contributed by atoms with Gasteiger partial charge in [0, 0.05) is 60.8 Å². The number of phenolic OH excluding ortho intramolecular Hbond substituents is 1. The highest BCUT2D eigenvalue weighted by Gasteiger charge is 2.20. The molecule has 1 fully saturated rings. The highest BCUT2D eigenvalue weighted by Crippen LogP contribution is 2.37. The molecule has 1 aliphatic rings. The van der Waals surface area contributed by atoms with E-state index in [-0.39, 0.29) is 5.75 Å². The molecule has 0 aliphatic carbocycles. The number of phenols is 1. The van der Waals surface area contributed by atoms with Crippen LogP contribution in [0.15, 0.2) is 30.6 Å². The Labute approximate surface area is 175 Å². The summed E-state index contributed by atoms with van der Waals surface area (Å²) in [5.41, 5.74) is 6.04. The average molecular weight is 403 g/mol. The van der Waals surface area contributed by atoms with Gasteiger partial charge in [-0.2, -0.15) is 5.10 Å². The van der Waals surface area contributed by atoms with Crippen LogP contribution in [0.5, 0.6) is 5.75 Å². The van der Waals surface area contributed by atoms with Crippen molar-refractivity contribution in [2.75, 3.05) is 24.5 Å². The number of aryl methyl sites for hydroxylation is 3. The molecule has 4 aromatic rings. The second-order valence-electron chi connectivity index (χ2n) is 8.28. The number of hydrogen-bond donors (Lipinski definition) is 2. The highest BCUT2D eigenvalue weighted by atomic mass is 16.3. The third kappa shape index (κ3) is 2.97. The molecule has 1 aromatic carbocycles. The fourth-order valence-corrected chi connectivity index (χ4v) is 4.45. The van der Waals surface area contributed by atoms with Gasteiger partial charge in [0.15, 0.2) is 5.65 Å². The molecule has 5 rings (SSSR count). The lowest BCUT2D eigenvalue weighted by molar-refractivity contribution is 0.474. The lowest BCUT2D eigenvalue weighted by Gasteiger charge is -2.34. The van der Waals surface area contributed by atoms with Crippen molar-refractivity contribution >= 4 is 27.6 Å². The Bertz CT molecular complexity index is 1280. The normalized spacial score (nSPS) is 17.2. The van der Waals surface area contributed by atoms with Crippen molar-refractivity contribution in [3.8, 4) is 17.0 Å². The fraction of sp³-hybridized carbons (Fsp3) is 0.348. The number of benzene rings is 1. The SMILES string of the molecule is Cc1c(N2CCNC(C)C2)cnc2nc(-c3cc4cn(C)nc4c(C)c3O)ccc12. The van der Waals surface area contributed by atoms with E-state index in [1.165, 1.54) is 11.3 Å². The van der Waals surface area contributed by atoms with Gasteiger partial charge in [-0.1, -0.05) is 0 Å². The van der Waals surface area contributed by atoms with Crippen molar-refractivity contribution in [2.24, 2.45) is 7.05 Å². The van der Waals surface area contributed by atoms with Crippen molar-refractivity contribution in [1.29, 1.82) is 0 Å². The number of rotatable bonds is 2. The second-order valence-corrected chi connectivity index (χ2v) is 8.28. The third-order valence-corrected chi connectivity index (χ3v) is 6.08. The zero-order valence-electron chi connectivity index (χ0n) is 17.8. The molecule has 30 heavy (non-hydrogen) atoms. The molecule has 0 saturated carbocycles. The third-order valence-electron chi connectivity index (χ3n) is 6.08. The van der Waals surface area contributed by atoms with E-state index < -0.39 is 0 Å². The topological polar surface area (TPSA) is 79.1 Å². The predicted molar refractivity (Wildman–Crippen MR) is 120 cm³/mol. The molecule has 1 unspecified atom stereocenters. The summed E-state index contributed by atoms with van der Waals surface area (Å²) in [5, 5.41) is 20.8. The number of aromatic nitrogens is 4. The van der Waals surface area contributed by atoms with Crippen molar-refractivity contribution in [1.82, 2.24) is 25.1 Å². The maximum atomic E-state index is 10.8. The van der Waals surface area contributed by atoms with Crippen LogP contribution in [0.4, 0.5) is 5.69 Å². The highest BCUT2D eigenvalue weighted by molar-refractivity contribution is 5.92. The van der Waals surface area contributed by atoms with E-state index in [1.54, 1.807) is 4.68 Å². The Morgan fingerprint density at radius 3 is 2.83 bits per heavy atom. The van der Waals surface area contributed by atoms with Crippen molar-refractivity contribution < 1.29 is 5.11 Å². The molecule has 1 saturated heterocycles. The molecule has 1 aliphatic heterocycles. The van der Waals surface area contributed by atoms with Crippen LogP contribution in [0, 0.1) is 13.8 Å². The minimum absolute atomic E-state index is 0.219. The summed E-state index contributed by atoms with van der Waals surface area (Å²) in [6, 6.07) is 6.44. The quantitative estimate of drug-likeness (QED) is 0.536. The van der Waals surface area contributed by atoms with Gasteiger partial charge >= 0.3 is 0 Å². The van der Waals surface area contributed by atoms with Crippen molar-refractivity contribution in [2.45, 2.75) is 26.8 Å². The van der Waals surface area contributed by atoms with Gasteiger partial charge in [-0.15, -0.1) is 0 Å². The Morgan fingerprint density at radius 1 is 1.20 bits per heavy atom. The Morgan fingerprint density at radius 2 is 2.03 bits per heavy atom. The molecule has 0 spiro atoms. The smallest absolute Gasteiger partial charge is 0.160 e. The van der Waals surface area contributed by atoms with Crippen LogP contribution in [0.25, 0.3) is 33.2 Å². The molecular weight excluding hydrogens is 376 g/mol. The van der Waals surface area contributed by atoms with Gasteiger partial charge in [-0.25, -0.2) is 9.97 Å². The summed E-state index contributed by atoms with van der Waals surface area (Å²) in [5.74, 6) is 0.219. The molecule has 154 valence electrons. The number of nitrogens with zero attached hydrogens (tertiary/aromatic N) is 5. The second kappa shape index (κ2) is 6.95. The van der Waals surface area contributed by atoms with E-state index in [0.29, 0.717) is 22.9 Å². The molecule has 7 nitrogen and oxygen atoms in total. The summed E-state index contributed by atoms with van der Waals surface area (Å²) >= 11 is 0. The number of pyridine rings is 2. The van der Waals surface area contributed by atoms with Gasteiger partial charge in [0.2, 0.25) is 0 Å². The first-order valence-corrected chi connectivity index (χ1v) is 10.3. The maximum absolute atomic E-state index is 10.8. The summed E-state index contributed by atoms with van der Waals surface area (Å²) in [6.07, 6.45) is 3.89. The molecule has 2 N–H and O–H groups in total. The molecule has 3 aromatic heterocycles. The standard InChI is InChI=1S/C23H26N6O/c1-13-11-29(8-7-24-13)20-10-25-23-17(14(20)2)5-6-19(26-23)18-9-16-12-28(4)27-21(16)15(3)22(18)30/h5-6,9-10,12-13,24,30H,7-8,11H2,1-4H3. The fourth-order valence-electron chi connectivity index (χ4n) is 4.45. The molecule has 1 atom stereocenters. The van der Waals surface area contributed by atoms with Crippen LogP contribution < -0.4 is 10.2 Å². The zero-order valence-corrected chi connectivity index (χ0v) is 17.8. The first-order valence-electron chi connectivity index (χ1n) is 10.3. The van der Waals surface area contributed by atoms with Gasteiger partial charge in [-0.05, 0) is 44.5 Å². The van der Waals surface area contributed by atoms with Gasteiger partial charge in [-0.3, -0.25) is 4.68 Å². The van der Waals surface area contributed by atoms with Gasteiger partial charge in [0.1, 0.15) is 5.75 Å². The van der Waals surface area contributed by atoms with E-state index in [2.05, 4.69) is 40.2 Å². The molecule has 0 radical (unpaired) electrons. The van der Waals surface area contributed by atoms with Gasteiger partial charge in [0.05, 0.1) is 23.1 Å². The zero-order chi connectivity index (χ0) is 21.0. The van der Waals surface area contributed by atoms with Crippen LogP contribution in [-0.4, -0.2) is 50.5 Å². The first kappa shape index (κ1) is 18.8. The molecule has 4 heterocycles. The minimum Gasteiger partial charge on any atom is -0.507 e. The summed E-state index contributed by atoms with van der Waals surface area (Å²) in [4.78, 5) is 11.9.